The fourth-order valence-electron chi connectivity index (χ4n) is 2.55. The maximum absolute atomic E-state index is 12.8. The number of thiazole rings is 1. The lowest BCUT2D eigenvalue weighted by Crippen LogP contribution is -2.19. The Bertz CT molecular complexity index is 1120. The molecule has 0 atom stereocenters. The Hall–Kier alpha value is -3.32. The standard InChI is InChI=1S/C18H12N4O2S/c23-16-13-6-2-1-5-12(13)14(11-21-15-7-3-4-8-19-15)17(24)22(16)18-20-9-10-25-18/h1-11,24H. The van der Waals surface area contributed by atoms with Gasteiger partial charge in [0.25, 0.3) is 5.56 Å². The first-order chi connectivity index (χ1) is 12.3. The van der Waals surface area contributed by atoms with Gasteiger partial charge in [0, 0.05) is 34.8 Å². The van der Waals surface area contributed by atoms with Crippen molar-refractivity contribution in [3.05, 3.63) is 76.2 Å². The van der Waals surface area contributed by atoms with Crippen LogP contribution in [0.15, 0.2) is 70.0 Å². The molecule has 0 amide bonds. The third-order valence-corrected chi connectivity index (χ3v) is 4.45. The van der Waals surface area contributed by atoms with Crippen LogP contribution in [0.5, 0.6) is 5.88 Å². The Morgan fingerprint density at radius 2 is 1.84 bits per heavy atom. The van der Waals surface area contributed by atoms with Crippen molar-refractivity contribution in [3.63, 3.8) is 0 Å². The molecule has 6 nitrogen and oxygen atoms in total. The molecule has 0 spiro atoms. The van der Waals surface area contributed by atoms with E-state index in [1.165, 1.54) is 22.1 Å². The first-order valence-electron chi connectivity index (χ1n) is 7.47. The number of aromatic nitrogens is 3. The second kappa shape index (κ2) is 6.29. The molecule has 7 heteroatoms. The lowest BCUT2D eigenvalue weighted by Gasteiger charge is -2.11. The van der Waals surface area contributed by atoms with Gasteiger partial charge in [-0.1, -0.05) is 24.3 Å². The Labute approximate surface area is 146 Å². The molecule has 122 valence electrons. The van der Waals surface area contributed by atoms with Crippen LogP contribution >= 0.6 is 11.3 Å². The van der Waals surface area contributed by atoms with Gasteiger partial charge in [0.2, 0.25) is 5.88 Å². The number of aromatic hydroxyl groups is 1. The maximum Gasteiger partial charge on any atom is 0.267 e. The Morgan fingerprint density at radius 3 is 2.56 bits per heavy atom. The van der Waals surface area contributed by atoms with Crippen molar-refractivity contribution in [3.8, 4) is 11.0 Å². The zero-order chi connectivity index (χ0) is 17.2. The minimum absolute atomic E-state index is 0.196. The summed E-state index contributed by atoms with van der Waals surface area (Å²) in [6, 6.07) is 12.5. The first kappa shape index (κ1) is 15.2. The van der Waals surface area contributed by atoms with Crippen LogP contribution in [0.1, 0.15) is 5.56 Å². The first-order valence-corrected chi connectivity index (χ1v) is 8.35. The Morgan fingerprint density at radius 1 is 1.04 bits per heavy atom. The summed E-state index contributed by atoms with van der Waals surface area (Å²) < 4.78 is 1.20. The number of nitrogens with zero attached hydrogens (tertiary/aromatic N) is 4. The lowest BCUT2D eigenvalue weighted by atomic mass is 10.1. The van der Waals surface area contributed by atoms with Crippen molar-refractivity contribution < 1.29 is 5.11 Å². The molecule has 0 saturated heterocycles. The SMILES string of the molecule is O=c1c2ccccc2c(C=Nc2ccccn2)c(O)n1-c1nccs1. The molecule has 3 heterocycles. The molecule has 0 fully saturated rings. The van der Waals surface area contributed by atoms with Crippen molar-refractivity contribution in [1.29, 1.82) is 0 Å². The van der Waals surface area contributed by atoms with E-state index < -0.39 is 0 Å². The highest BCUT2D eigenvalue weighted by atomic mass is 32.1. The summed E-state index contributed by atoms with van der Waals surface area (Å²) in [7, 11) is 0. The predicted octanol–water partition coefficient (Wildman–Crippen LogP) is 3.30. The highest BCUT2D eigenvalue weighted by Crippen LogP contribution is 2.26. The average Bonchev–Trinajstić information content (AvgIpc) is 3.17. The van der Waals surface area contributed by atoms with Crippen LogP contribution in [0, 0.1) is 0 Å². The summed E-state index contributed by atoms with van der Waals surface area (Å²) in [5.74, 6) is 0.316. The summed E-state index contributed by atoms with van der Waals surface area (Å²) in [5.41, 5.74) is 0.120. The van der Waals surface area contributed by atoms with Gasteiger partial charge in [0.05, 0.1) is 5.56 Å². The number of aliphatic imine (C=N–C) groups is 1. The smallest absolute Gasteiger partial charge is 0.267 e. The minimum Gasteiger partial charge on any atom is -0.494 e. The van der Waals surface area contributed by atoms with Gasteiger partial charge in [-0.25, -0.2) is 19.5 Å². The number of hydrogen-bond donors (Lipinski definition) is 1. The van der Waals surface area contributed by atoms with Crippen LogP contribution in [0.3, 0.4) is 0 Å². The second-order valence-corrected chi connectivity index (χ2v) is 6.06. The van der Waals surface area contributed by atoms with Crippen molar-refractivity contribution >= 4 is 34.1 Å². The quantitative estimate of drug-likeness (QED) is 0.576. The van der Waals surface area contributed by atoms with Gasteiger partial charge in [0.15, 0.2) is 10.9 Å². The molecule has 0 aliphatic rings. The van der Waals surface area contributed by atoms with Crippen molar-refractivity contribution in [2.75, 3.05) is 0 Å². The predicted molar refractivity (Wildman–Crippen MR) is 98.4 cm³/mol. The van der Waals surface area contributed by atoms with E-state index in [2.05, 4.69) is 15.0 Å². The fraction of sp³-hybridized carbons (Fsp3) is 0. The molecule has 4 rings (SSSR count). The van der Waals surface area contributed by atoms with Gasteiger partial charge in [-0.2, -0.15) is 0 Å². The molecule has 1 aromatic carbocycles. The van der Waals surface area contributed by atoms with Gasteiger partial charge in [-0.15, -0.1) is 11.3 Å². The third-order valence-electron chi connectivity index (χ3n) is 3.69. The van der Waals surface area contributed by atoms with E-state index in [0.29, 0.717) is 27.3 Å². The van der Waals surface area contributed by atoms with E-state index in [1.807, 2.05) is 12.1 Å². The van der Waals surface area contributed by atoms with Crippen LogP contribution in [0.4, 0.5) is 5.82 Å². The normalized spacial score (nSPS) is 11.4. The van der Waals surface area contributed by atoms with E-state index in [-0.39, 0.29) is 11.4 Å². The van der Waals surface area contributed by atoms with Crippen molar-refractivity contribution in [1.82, 2.24) is 14.5 Å². The van der Waals surface area contributed by atoms with E-state index in [4.69, 9.17) is 0 Å². The molecule has 0 aliphatic carbocycles. The average molecular weight is 348 g/mol. The monoisotopic (exact) mass is 348 g/mol. The zero-order valence-electron chi connectivity index (χ0n) is 12.9. The van der Waals surface area contributed by atoms with Crippen LogP contribution in [0.25, 0.3) is 15.9 Å². The number of benzene rings is 1. The van der Waals surface area contributed by atoms with Gasteiger partial charge >= 0.3 is 0 Å². The summed E-state index contributed by atoms with van der Waals surface area (Å²) in [5, 5.41) is 14.0. The second-order valence-electron chi connectivity index (χ2n) is 5.18. The highest BCUT2D eigenvalue weighted by Gasteiger charge is 2.17. The van der Waals surface area contributed by atoms with E-state index in [9.17, 15) is 9.90 Å². The number of hydrogen-bond acceptors (Lipinski definition) is 6. The number of rotatable bonds is 3. The fourth-order valence-corrected chi connectivity index (χ4v) is 3.19. The van der Waals surface area contributed by atoms with Gasteiger partial charge in [-0.3, -0.25) is 4.79 Å². The molecule has 4 aromatic rings. The Balaban J connectivity index is 2.00. The van der Waals surface area contributed by atoms with Crippen molar-refractivity contribution in [2.24, 2.45) is 4.99 Å². The van der Waals surface area contributed by atoms with Gasteiger partial charge in [0.1, 0.15) is 0 Å². The lowest BCUT2D eigenvalue weighted by molar-refractivity contribution is 0.436. The molecule has 1 N–H and O–H groups in total. The topological polar surface area (TPSA) is 80.4 Å². The van der Waals surface area contributed by atoms with E-state index in [0.717, 1.165) is 0 Å². The van der Waals surface area contributed by atoms with E-state index in [1.54, 1.807) is 48.1 Å². The summed E-state index contributed by atoms with van der Waals surface area (Å²) in [4.78, 5) is 25.4. The zero-order valence-corrected chi connectivity index (χ0v) is 13.7. The minimum atomic E-state index is -0.321. The summed E-state index contributed by atoms with van der Waals surface area (Å²) in [6.45, 7) is 0. The van der Waals surface area contributed by atoms with Crippen LogP contribution < -0.4 is 5.56 Å². The Kier molecular flexibility index (Phi) is 3.83. The van der Waals surface area contributed by atoms with Gasteiger partial charge < -0.3 is 5.11 Å². The van der Waals surface area contributed by atoms with Gasteiger partial charge in [-0.05, 0) is 18.2 Å². The number of pyridine rings is 2. The molecule has 0 saturated carbocycles. The summed E-state index contributed by atoms with van der Waals surface area (Å²) >= 11 is 1.27. The molecule has 0 aliphatic heterocycles. The molecular weight excluding hydrogens is 336 g/mol. The largest absolute Gasteiger partial charge is 0.494 e. The molecule has 0 bridgehead atoms. The third kappa shape index (κ3) is 2.70. The highest BCUT2D eigenvalue weighted by molar-refractivity contribution is 7.12. The number of fused-ring (bicyclic) bond motifs is 1. The molecule has 3 aromatic heterocycles. The molecular formula is C18H12N4O2S. The molecule has 25 heavy (non-hydrogen) atoms. The molecule has 0 radical (unpaired) electrons. The molecule has 0 unspecified atom stereocenters. The van der Waals surface area contributed by atoms with E-state index >= 15 is 0 Å². The maximum atomic E-state index is 12.8. The van der Waals surface area contributed by atoms with Crippen molar-refractivity contribution in [2.45, 2.75) is 0 Å². The van der Waals surface area contributed by atoms with Crippen LogP contribution in [-0.4, -0.2) is 25.9 Å². The van der Waals surface area contributed by atoms with Crippen LogP contribution in [-0.2, 0) is 0 Å². The summed E-state index contributed by atoms with van der Waals surface area (Å²) in [6.07, 6.45) is 4.74. The van der Waals surface area contributed by atoms with Crippen LogP contribution in [0.2, 0.25) is 0 Å².